The van der Waals surface area contributed by atoms with E-state index in [9.17, 15) is 0 Å². The molecule has 0 atom stereocenters. The fourth-order valence-electron chi connectivity index (χ4n) is 1.52. The van der Waals surface area contributed by atoms with E-state index < -0.39 is 0 Å². The van der Waals surface area contributed by atoms with Crippen molar-refractivity contribution < 1.29 is 9.47 Å². The highest BCUT2D eigenvalue weighted by atomic mass is 16.5. The summed E-state index contributed by atoms with van der Waals surface area (Å²) in [6, 6.07) is 6.23. The van der Waals surface area contributed by atoms with Gasteiger partial charge in [0.1, 0.15) is 5.75 Å². The summed E-state index contributed by atoms with van der Waals surface area (Å²) in [4.78, 5) is 0. The van der Waals surface area contributed by atoms with Gasteiger partial charge < -0.3 is 9.47 Å². The van der Waals surface area contributed by atoms with Crippen molar-refractivity contribution in [3.8, 4) is 5.75 Å². The Morgan fingerprint density at radius 3 is 2.50 bits per heavy atom. The Morgan fingerprint density at radius 1 is 1.14 bits per heavy atom. The lowest BCUT2D eigenvalue weighted by molar-refractivity contribution is 0.202. The molecule has 1 aromatic rings. The van der Waals surface area contributed by atoms with Crippen molar-refractivity contribution in [1.29, 1.82) is 0 Å². The van der Waals surface area contributed by atoms with Crippen LogP contribution in [0.4, 0.5) is 0 Å². The number of aryl methyl sites for hydroxylation is 1. The van der Waals surface area contributed by atoms with Crippen LogP contribution in [-0.4, -0.2) is 20.8 Å². The summed E-state index contributed by atoms with van der Waals surface area (Å²) >= 11 is 0. The molecule has 0 spiro atoms. The zero-order valence-corrected chi connectivity index (χ0v) is 9.17. The van der Waals surface area contributed by atoms with Crippen LogP contribution in [0.3, 0.4) is 0 Å². The number of hydrogen-bond donors (Lipinski definition) is 0. The first kappa shape index (κ1) is 11.1. The van der Waals surface area contributed by atoms with Gasteiger partial charge in [0, 0.05) is 7.11 Å². The van der Waals surface area contributed by atoms with Crippen LogP contribution >= 0.6 is 0 Å². The molecule has 0 heterocycles. The molecule has 0 radical (unpaired) electrons. The van der Waals surface area contributed by atoms with Gasteiger partial charge in [-0.1, -0.05) is 13.0 Å². The monoisotopic (exact) mass is 194 g/mol. The third kappa shape index (κ3) is 2.74. The van der Waals surface area contributed by atoms with Gasteiger partial charge in [-0.2, -0.15) is 0 Å². The molecule has 2 nitrogen and oxygen atoms in total. The molecule has 0 aliphatic rings. The summed E-state index contributed by atoms with van der Waals surface area (Å²) < 4.78 is 10.3. The number of rotatable bonds is 5. The van der Waals surface area contributed by atoms with E-state index in [0.717, 1.165) is 25.2 Å². The fraction of sp³-hybridized carbons (Fsp3) is 0.500. The summed E-state index contributed by atoms with van der Waals surface area (Å²) in [6.07, 6.45) is 2.01. The number of methoxy groups -OCH3 is 2. The number of benzene rings is 1. The largest absolute Gasteiger partial charge is 0.497 e. The van der Waals surface area contributed by atoms with E-state index in [4.69, 9.17) is 9.47 Å². The Kier molecular flexibility index (Phi) is 4.47. The van der Waals surface area contributed by atoms with Crippen molar-refractivity contribution in [3.63, 3.8) is 0 Å². The van der Waals surface area contributed by atoms with E-state index in [2.05, 4.69) is 19.1 Å². The molecule has 0 saturated carbocycles. The molecule has 0 aromatic heterocycles. The highest BCUT2D eigenvalue weighted by molar-refractivity contribution is 5.35. The molecule has 1 aromatic carbocycles. The third-order valence-electron chi connectivity index (χ3n) is 2.37. The van der Waals surface area contributed by atoms with Crippen molar-refractivity contribution in [2.24, 2.45) is 0 Å². The van der Waals surface area contributed by atoms with Crippen LogP contribution in [0, 0.1) is 0 Å². The first-order valence-electron chi connectivity index (χ1n) is 4.96. The van der Waals surface area contributed by atoms with E-state index in [1.807, 2.05) is 6.07 Å². The number of ether oxygens (including phenoxy) is 2. The second kappa shape index (κ2) is 5.66. The predicted octanol–water partition coefficient (Wildman–Crippen LogP) is 2.45. The normalized spacial score (nSPS) is 10.2. The second-order valence-electron chi connectivity index (χ2n) is 3.23. The lowest BCUT2D eigenvalue weighted by Crippen LogP contribution is -1.99. The molecule has 0 fully saturated rings. The Balaban J connectivity index is 2.84. The van der Waals surface area contributed by atoms with E-state index in [-0.39, 0.29) is 0 Å². The minimum atomic E-state index is 0.764. The van der Waals surface area contributed by atoms with Gasteiger partial charge in [0.15, 0.2) is 0 Å². The quantitative estimate of drug-likeness (QED) is 0.716. The Hall–Kier alpha value is -1.02. The van der Waals surface area contributed by atoms with Gasteiger partial charge in [-0.15, -0.1) is 0 Å². The van der Waals surface area contributed by atoms with Crippen molar-refractivity contribution in [2.45, 2.75) is 19.8 Å². The smallest absolute Gasteiger partial charge is 0.119 e. The molecule has 0 amide bonds. The second-order valence-corrected chi connectivity index (χ2v) is 3.23. The van der Waals surface area contributed by atoms with Crippen molar-refractivity contribution in [3.05, 3.63) is 29.3 Å². The molecule has 0 aliphatic carbocycles. The van der Waals surface area contributed by atoms with Crippen LogP contribution in [0.2, 0.25) is 0 Å². The molecular formula is C12H18O2. The van der Waals surface area contributed by atoms with E-state index in [1.165, 1.54) is 11.1 Å². The van der Waals surface area contributed by atoms with Gasteiger partial charge in [-0.3, -0.25) is 0 Å². The summed E-state index contributed by atoms with van der Waals surface area (Å²) in [5, 5.41) is 0. The van der Waals surface area contributed by atoms with Crippen LogP contribution in [0.15, 0.2) is 18.2 Å². The molecular weight excluding hydrogens is 176 g/mol. The van der Waals surface area contributed by atoms with Crippen LogP contribution in [0.5, 0.6) is 5.75 Å². The van der Waals surface area contributed by atoms with Crippen molar-refractivity contribution >= 4 is 0 Å². The van der Waals surface area contributed by atoms with Gasteiger partial charge in [0.05, 0.1) is 13.7 Å². The van der Waals surface area contributed by atoms with Crippen LogP contribution in [0.25, 0.3) is 0 Å². The first-order valence-corrected chi connectivity index (χ1v) is 4.96. The summed E-state index contributed by atoms with van der Waals surface area (Å²) in [5.41, 5.74) is 2.71. The molecule has 1 rings (SSSR count). The predicted molar refractivity (Wildman–Crippen MR) is 58.0 cm³/mol. The third-order valence-corrected chi connectivity index (χ3v) is 2.37. The maximum Gasteiger partial charge on any atom is 0.119 e. The van der Waals surface area contributed by atoms with Gasteiger partial charge in [-0.05, 0) is 36.1 Å². The van der Waals surface area contributed by atoms with Crippen molar-refractivity contribution in [1.82, 2.24) is 0 Å². The van der Waals surface area contributed by atoms with Crippen LogP contribution in [-0.2, 0) is 17.6 Å². The van der Waals surface area contributed by atoms with Gasteiger partial charge in [-0.25, -0.2) is 0 Å². The van der Waals surface area contributed by atoms with Gasteiger partial charge >= 0.3 is 0 Å². The number of hydrogen-bond acceptors (Lipinski definition) is 2. The maximum absolute atomic E-state index is 5.19. The van der Waals surface area contributed by atoms with Crippen molar-refractivity contribution in [2.75, 3.05) is 20.8 Å². The topological polar surface area (TPSA) is 18.5 Å². The fourth-order valence-corrected chi connectivity index (χ4v) is 1.52. The first-order chi connectivity index (χ1) is 6.81. The standard InChI is InChI=1S/C12H18O2/c1-4-10-5-6-12(14-3)9-11(10)7-8-13-2/h5-6,9H,4,7-8H2,1-3H3. The zero-order chi connectivity index (χ0) is 10.4. The summed E-state index contributed by atoms with van der Waals surface area (Å²) in [7, 11) is 3.42. The molecule has 0 N–H and O–H groups in total. The van der Waals surface area contributed by atoms with E-state index in [0.29, 0.717) is 0 Å². The molecule has 0 unspecified atom stereocenters. The minimum Gasteiger partial charge on any atom is -0.497 e. The molecule has 78 valence electrons. The lowest BCUT2D eigenvalue weighted by atomic mass is 10.0. The van der Waals surface area contributed by atoms with Crippen LogP contribution < -0.4 is 4.74 Å². The average molecular weight is 194 g/mol. The Labute approximate surface area is 85.8 Å². The van der Waals surface area contributed by atoms with E-state index >= 15 is 0 Å². The molecule has 14 heavy (non-hydrogen) atoms. The SMILES string of the molecule is CCc1ccc(OC)cc1CCOC. The van der Waals surface area contributed by atoms with E-state index in [1.54, 1.807) is 14.2 Å². The summed E-state index contributed by atoms with van der Waals surface area (Å²) in [6.45, 7) is 2.93. The summed E-state index contributed by atoms with van der Waals surface area (Å²) in [5.74, 6) is 0.924. The molecule has 0 aliphatic heterocycles. The average Bonchev–Trinajstić information content (AvgIpc) is 2.25. The zero-order valence-electron chi connectivity index (χ0n) is 9.17. The lowest BCUT2D eigenvalue weighted by Gasteiger charge is -2.09. The maximum atomic E-state index is 5.19. The van der Waals surface area contributed by atoms with Crippen LogP contribution in [0.1, 0.15) is 18.1 Å². The van der Waals surface area contributed by atoms with Gasteiger partial charge in [0.25, 0.3) is 0 Å². The molecule has 0 saturated heterocycles. The molecule has 0 bridgehead atoms. The molecule has 2 heteroatoms. The highest BCUT2D eigenvalue weighted by Gasteiger charge is 2.02. The highest BCUT2D eigenvalue weighted by Crippen LogP contribution is 2.18. The van der Waals surface area contributed by atoms with Gasteiger partial charge in [0.2, 0.25) is 0 Å². The minimum absolute atomic E-state index is 0.764. The Bertz CT molecular complexity index is 282. The Morgan fingerprint density at radius 2 is 1.93 bits per heavy atom.